The van der Waals surface area contributed by atoms with E-state index in [0.29, 0.717) is 0 Å². The number of nitrogens with zero attached hydrogens (tertiary/aromatic N) is 3. The van der Waals surface area contributed by atoms with Gasteiger partial charge in [0.2, 0.25) is 11.7 Å². The van der Waals surface area contributed by atoms with Gasteiger partial charge in [0.25, 0.3) is 5.91 Å². The quantitative estimate of drug-likeness (QED) is 0.250. The molecule has 0 unspecified atom stereocenters. The van der Waals surface area contributed by atoms with Crippen molar-refractivity contribution in [3.05, 3.63) is 29.3 Å². The summed E-state index contributed by atoms with van der Waals surface area (Å²) in [5.41, 5.74) is -0.0220. The van der Waals surface area contributed by atoms with Crippen molar-refractivity contribution in [3.8, 4) is 34.2 Å². The van der Waals surface area contributed by atoms with Gasteiger partial charge in [-0.2, -0.15) is 4.98 Å². The maximum atomic E-state index is 12.6. The van der Waals surface area contributed by atoms with Crippen molar-refractivity contribution < 1.29 is 51.6 Å². The van der Waals surface area contributed by atoms with Crippen LogP contribution in [-0.2, 0) is 9.13 Å². The minimum Gasteiger partial charge on any atom is -0.400 e. The van der Waals surface area contributed by atoms with Crippen LogP contribution in [0.3, 0.4) is 0 Å². The van der Waals surface area contributed by atoms with E-state index in [1.807, 2.05) is 0 Å². The number of carbonyl (C=O) groups is 1. The Morgan fingerprint density at radius 3 is 2.26 bits per heavy atom. The van der Waals surface area contributed by atoms with Crippen LogP contribution in [0.2, 0.25) is 0 Å². The largest absolute Gasteiger partial charge is 0.524 e. The second-order valence-corrected chi connectivity index (χ2v) is 9.77. The minimum absolute atomic E-state index is 0.00768. The number of hydrogen-bond acceptors (Lipinski definition) is 10. The highest BCUT2D eigenvalue weighted by molar-refractivity contribution is 7.47. The van der Waals surface area contributed by atoms with Crippen molar-refractivity contribution in [2.24, 2.45) is 0 Å². The second-order valence-electron chi connectivity index (χ2n) is 7.44. The molecule has 190 valence electrons. The highest BCUT2D eigenvalue weighted by Crippen LogP contribution is 2.52. The van der Waals surface area contributed by atoms with Crippen LogP contribution in [-0.4, -0.2) is 47.3 Å². The van der Waals surface area contributed by atoms with Crippen LogP contribution < -0.4 is 14.4 Å². The first-order valence-electron chi connectivity index (χ1n) is 9.97. The van der Waals surface area contributed by atoms with Gasteiger partial charge in [-0.25, -0.2) is 9.13 Å². The van der Waals surface area contributed by atoms with Gasteiger partial charge in [0.15, 0.2) is 23.0 Å². The van der Waals surface area contributed by atoms with E-state index in [4.69, 9.17) is 13.6 Å². The number of aromatic nitrogens is 3. The van der Waals surface area contributed by atoms with E-state index in [1.54, 1.807) is 20.8 Å². The van der Waals surface area contributed by atoms with Crippen LogP contribution in [0.15, 0.2) is 21.2 Å². The smallest absolute Gasteiger partial charge is 0.400 e. The Morgan fingerprint density at radius 1 is 1.09 bits per heavy atom. The maximum absolute atomic E-state index is 12.6. The number of carbonyl (C=O) groups excluding carboxylic acids is 1. The molecule has 0 aliphatic carbocycles. The van der Waals surface area contributed by atoms with Gasteiger partial charge >= 0.3 is 15.6 Å². The van der Waals surface area contributed by atoms with Crippen LogP contribution in [0.1, 0.15) is 48.6 Å². The summed E-state index contributed by atoms with van der Waals surface area (Å²) in [6, 6.07) is 2.38. The van der Waals surface area contributed by atoms with E-state index in [1.165, 1.54) is 13.0 Å². The molecular weight excluding hydrogens is 510 g/mol. The molecule has 0 spiro atoms. The monoisotopic (exact) mass is 532 g/mol. The van der Waals surface area contributed by atoms with E-state index < -0.39 is 39.0 Å². The Labute approximate surface area is 197 Å². The molecule has 1 aromatic carbocycles. The van der Waals surface area contributed by atoms with E-state index in [9.17, 15) is 33.5 Å². The van der Waals surface area contributed by atoms with Gasteiger partial charge in [0.05, 0.1) is 0 Å². The molecule has 0 aliphatic heterocycles. The molecule has 5 N–H and O–H groups in total. The molecule has 0 saturated heterocycles. The SMILES string of the molecule is CCNC(=O)c1noc(-c2cc(OP(=O)(O)O)c(OP(=O)(O)O)c(C(C)C)c2)c1-c1noc(C)n1. The molecule has 3 aromatic rings. The predicted molar refractivity (Wildman–Crippen MR) is 117 cm³/mol. The predicted octanol–water partition coefficient (Wildman–Crippen LogP) is 2.52. The van der Waals surface area contributed by atoms with Crippen LogP contribution in [0.25, 0.3) is 22.7 Å². The maximum Gasteiger partial charge on any atom is 0.524 e. The van der Waals surface area contributed by atoms with Crippen molar-refractivity contribution in [2.75, 3.05) is 6.54 Å². The first-order valence-corrected chi connectivity index (χ1v) is 13.0. The molecule has 1 amide bonds. The fourth-order valence-corrected chi connectivity index (χ4v) is 3.92. The number of aryl methyl sites for hydroxylation is 1. The van der Waals surface area contributed by atoms with Crippen LogP contribution in [0.4, 0.5) is 0 Å². The van der Waals surface area contributed by atoms with Gasteiger partial charge in [0.1, 0.15) is 5.56 Å². The van der Waals surface area contributed by atoms with E-state index >= 15 is 0 Å². The zero-order chi connectivity index (χ0) is 26.1. The van der Waals surface area contributed by atoms with Gasteiger partial charge in [-0.3, -0.25) is 24.4 Å². The molecule has 0 bridgehead atoms. The first kappa shape index (κ1) is 26.5. The lowest BCUT2D eigenvalue weighted by atomic mass is 9.96. The van der Waals surface area contributed by atoms with Gasteiger partial charge in [-0.15, -0.1) is 0 Å². The molecule has 35 heavy (non-hydrogen) atoms. The van der Waals surface area contributed by atoms with Crippen molar-refractivity contribution >= 4 is 21.6 Å². The lowest BCUT2D eigenvalue weighted by Gasteiger charge is -2.20. The Balaban J connectivity index is 2.33. The Hall–Kier alpha value is -3.06. The lowest BCUT2D eigenvalue weighted by Crippen LogP contribution is -2.23. The van der Waals surface area contributed by atoms with Gasteiger partial charge in [0, 0.05) is 24.6 Å². The van der Waals surface area contributed by atoms with E-state index in [0.717, 1.165) is 6.07 Å². The van der Waals surface area contributed by atoms with Crippen molar-refractivity contribution in [1.82, 2.24) is 20.6 Å². The number of hydrogen-bond donors (Lipinski definition) is 5. The van der Waals surface area contributed by atoms with Crippen LogP contribution >= 0.6 is 15.6 Å². The van der Waals surface area contributed by atoms with Crippen molar-refractivity contribution in [2.45, 2.75) is 33.6 Å². The molecule has 15 nitrogen and oxygen atoms in total. The number of nitrogens with one attached hydrogen (secondary N) is 1. The zero-order valence-electron chi connectivity index (χ0n) is 18.8. The van der Waals surface area contributed by atoms with Crippen molar-refractivity contribution in [1.29, 1.82) is 0 Å². The summed E-state index contributed by atoms with van der Waals surface area (Å²) in [6.07, 6.45) is 0. The fourth-order valence-electron chi connectivity index (χ4n) is 3.09. The third-order valence-electron chi connectivity index (χ3n) is 4.39. The molecule has 2 aromatic heterocycles. The minimum atomic E-state index is -5.21. The highest BCUT2D eigenvalue weighted by atomic mass is 31.2. The number of phosphoric acid groups is 2. The summed E-state index contributed by atoms with van der Waals surface area (Å²) in [4.78, 5) is 54.1. The summed E-state index contributed by atoms with van der Waals surface area (Å²) in [6.45, 7) is 6.76. The number of phosphoric ester groups is 2. The Kier molecular flexibility index (Phi) is 7.50. The zero-order valence-corrected chi connectivity index (χ0v) is 20.6. The summed E-state index contributed by atoms with van der Waals surface area (Å²) in [5.74, 6) is -2.36. The number of rotatable bonds is 9. The molecule has 17 heteroatoms. The highest BCUT2D eigenvalue weighted by Gasteiger charge is 2.32. The lowest BCUT2D eigenvalue weighted by molar-refractivity contribution is 0.0947. The van der Waals surface area contributed by atoms with Crippen LogP contribution in [0, 0.1) is 6.92 Å². The molecule has 0 saturated carbocycles. The van der Waals surface area contributed by atoms with E-state index in [-0.39, 0.29) is 46.4 Å². The van der Waals surface area contributed by atoms with Gasteiger partial charge in [-0.05, 0) is 25.0 Å². The Morgan fingerprint density at radius 2 is 1.74 bits per heavy atom. The Bertz CT molecular complexity index is 1340. The molecule has 0 atom stereocenters. The third kappa shape index (κ3) is 6.34. The summed E-state index contributed by atoms with van der Waals surface area (Å²) >= 11 is 0. The summed E-state index contributed by atoms with van der Waals surface area (Å²) in [5, 5.41) is 10.2. The normalized spacial score (nSPS) is 12.1. The molecular formula is C18H22N4O11P2. The molecule has 0 aliphatic rings. The third-order valence-corrected chi connectivity index (χ3v) is 5.25. The van der Waals surface area contributed by atoms with Gasteiger partial charge < -0.3 is 23.4 Å². The van der Waals surface area contributed by atoms with Gasteiger partial charge in [-0.1, -0.05) is 24.2 Å². The first-order chi connectivity index (χ1) is 16.2. The van der Waals surface area contributed by atoms with E-state index in [2.05, 4.69) is 25.1 Å². The molecule has 0 radical (unpaired) electrons. The van der Waals surface area contributed by atoms with Crippen molar-refractivity contribution in [3.63, 3.8) is 0 Å². The average Bonchev–Trinajstić information content (AvgIpc) is 3.33. The summed E-state index contributed by atoms with van der Waals surface area (Å²) < 4.78 is 42.9. The molecule has 3 rings (SSSR count). The topological polar surface area (TPSA) is 228 Å². The summed E-state index contributed by atoms with van der Waals surface area (Å²) in [7, 11) is -10.4. The number of amides is 1. The van der Waals surface area contributed by atoms with Crippen LogP contribution in [0.5, 0.6) is 11.5 Å². The molecule has 2 heterocycles. The standard InChI is InChI=1S/C18H22N4O11P2/c1-5-19-18(23)14-13(17-20-9(4)30-22-17)15(31-21-14)10-6-11(8(2)3)16(33-35(27,28)29)12(7-10)32-34(24,25)26/h6-8H,5H2,1-4H3,(H,19,23)(H2,24,25,26)(H2,27,28,29). The second kappa shape index (κ2) is 9.90. The number of benzene rings is 1. The fraction of sp³-hybridized carbons (Fsp3) is 0.333. The average molecular weight is 532 g/mol. The molecule has 0 fully saturated rings.